The monoisotopic (exact) mass is 328 g/mol. The van der Waals surface area contributed by atoms with Gasteiger partial charge in [-0.2, -0.15) is 0 Å². The molecule has 0 saturated heterocycles. The Hall–Kier alpha value is -1.03. The Labute approximate surface area is 123 Å². The summed E-state index contributed by atoms with van der Waals surface area (Å²) in [6.07, 6.45) is 0.111. The lowest BCUT2D eigenvalue weighted by molar-refractivity contribution is -0.148. The number of hydrogen-bond donors (Lipinski definition) is 0. The Morgan fingerprint density at radius 1 is 1.37 bits per heavy atom. The summed E-state index contributed by atoms with van der Waals surface area (Å²) in [5.41, 5.74) is 0.225. The van der Waals surface area contributed by atoms with Crippen LogP contribution in [0.25, 0.3) is 0 Å². The van der Waals surface area contributed by atoms with Crippen LogP contribution in [0.5, 0.6) is 5.75 Å². The number of carbonyl (C=O) groups is 1. The summed E-state index contributed by atoms with van der Waals surface area (Å²) in [4.78, 5) is 12.0. The van der Waals surface area contributed by atoms with Gasteiger partial charge in [0.15, 0.2) is 0 Å². The van der Waals surface area contributed by atoms with Crippen LogP contribution in [0.1, 0.15) is 40.2 Å². The van der Waals surface area contributed by atoms with Crippen LogP contribution >= 0.6 is 15.9 Å². The number of rotatable bonds is 5. The number of carbonyl (C=O) groups excluding carboxylic acids is 1. The van der Waals surface area contributed by atoms with Crippen molar-refractivity contribution >= 4 is 21.9 Å². The minimum atomic E-state index is -0.672. The lowest BCUT2D eigenvalue weighted by Gasteiger charge is -2.23. The number of hydrogen-bond acceptors (Lipinski definition) is 3. The van der Waals surface area contributed by atoms with Crippen molar-refractivity contribution in [3.05, 3.63) is 28.2 Å². The van der Waals surface area contributed by atoms with E-state index >= 15 is 0 Å². The SMILES string of the molecule is CCOC(=O)C(C)(C)c1ccc(OC(C)C)c(Br)c1. The van der Waals surface area contributed by atoms with E-state index in [1.807, 2.05) is 52.8 Å². The van der Waals surface area contributed by atoms with Gasteiger partial charge in [-0.1, -0.05) is 6.07 Å². The summed E-state index contributed by atoms with van der Waals surface area (Å²) in [6.45, 7) is 9.86. The molecule has 0 aromatic heterocycles. The fraction of sp³-hybridized carbons (Fsp3) is 0.533. The summed E-state index contributed by atoms with van der Waals surface area (Å²) in [5.74, 6) is 0.554. The van der Waals surface area contributed by atoms with Gasteiger partial charge < -0.3 is 9.47 Å². The first-order valence-electron chi connectivity index (χ1n) is 6.43. The second-order valence-corrected chi connectivity index (χ2v) is 6.01. The molecule has 0 amide bonds. The van der Waals surface area contributed by atoms with Crippen molar-refractivity contribution in [1.29, 1.82) is 0 Å². The molecule has 0 atom stereocenters. The van der Waals surface area contributed by atoms with Crippen LogP contribution in [0.2, 0.25) is 0 Å². The van der Waals surface area contributed by atoms with Gasteiger partial charge in [0.05, 0.1) is 22.6 Å². The summed E-state index contributed by atoms with van der Waals surface area (Å²) in [7, 11) is 0. The third kappa shape index (κ3) is 3.96. The van der Waals surface area contributed by atoms with Gasteiger partial charge in [0.1, 0.15) is 5.75 Å². The Morgan fingerprint density at radius 2 is 2.00 bits per heavy atom. The first-order chi connectivity index (χ1) is 8.78. The molecule has 0 radical (unpaired) electrons. The molecule has 19 heavy (non-hydrogen) atoms. The van der Waals surface area contributed by atoms with Crippen LogP contribution in [0.4, 0.5) is 0 Å². The average molecular weight is 329 g/mol. The van der Waals surface area contributed by atoms with E-state index < -0.39 is 5.41 Å². The van der Waals surface area contributed by atoms with Gasteiger partial charge in [0.2, 0.25) is 0 Å². The van der Waals surface area contributed by atoms with Crippen LogP contribution in [0, 0.1) is 0 Å². The van der Waals surface area contributed by atoms with E-state index in [9.17, 15) is 4.79 Å². The molecule has 0 unspecified atom stereocenters. The first-order valence-corrected chi connectivity index (χ1v) is 7.22. The molecule has 3 nitrogen and oxygen atoms in total. The highest BCUT2D eigenvalue weighted by Crippen LogP contribution is 2.33. The molecular formula is C15H21BrO3. The fourth-order valence-electron chi connectivity index (χ4n) is 1.67. The smallest absolute Gasteiger partial charge is 0.315 e. The first kappa shape index (κ1) is 16.0. The normalized spacial score (nSPS) is 11.5. The molecular weight excluding hydrogens is 308 g/mol. The van der Waals surface area contributed by atoms with Gasteiger partial charge >= 0.3 is 5.97 Å². The Balaban J connectivity index is 3.02. The molecule has 4 heteroatoms. The van der Waals surface area contributed by atoms with E-state index in [1.54, 1.807) is 0 Å². The molecule has 0 saturated carbocycles. The van der Waals surface area contributed by atoms with Crippen molar-refractivity contribution in [1.82, 2.24) is 0 Å². The minimum Gasteiger partial charge on any atom is -0.490 e. The van der Waals surface area contributed by atoms with Crippen molar-refractivity contribution in [3.63, 3.8) is 0 Å². The van der Waals surface area contributed by atoms with E-state index in [0.717, 1.165) is 15.8 Å². The summed E-state index contributed by atoms with van der Waals surface area (Å²) in [6, 6.07) is 5.69. The molecule has 1 aromatic rings. The Kier molecular flexibility index (Phi) is 5.41. The van der Waals surface area contributed by atoms with Gasteiger partial charge in [-0.15, -0.1) is 0 Å². The van der Waals surface area contributed by atoms with Crippen LogP contribution < -0.4 is 4.74 Å². The van der Waals surface area contributed by atoms with Crippen LogP contribution in [0.15, 0.2) is 22.7 Å². The van der Waals surface area contributed by atoms with E-state index in [4.69, 9.17) is 9.47 Å². The average Bonchev–Trinajstić information content (AvgIpc) is 2.31. The summed E-state index contributed by atoms with van der Waals surface area (Å²) < 4.78 is 11.6. The third-order valence-electron chi connectivity index (χ3n) is 2.80. The van der Waals surface area contributed by atoms with Crippen LogP contribution in [-0.2, 0) is 14.9 Å². The number of esters is 1. The van der Waals surface area contributed by atoms with Crippen molar-refractivity contribution in [2.45, 2.75) is 46.1 Å². The van der Waals surface area contributed by atoms with E-state index in [2.05, 4.69) is 15.9 Å². The van der Waals surface area contributed by atoms with Crippen molar-refractivity contribution in [3.8, 4) is 5.75 Å². The quantitative estimate of drug-likeness (QED) is 0.764. The molecule has 0 heterocycles. The molecule has 0 aliphatic heterocycles. The maximum absolute atomic E-state index is 12.0. The highest BCUT2D eigenvalue weighted by molar-refractivity contribution is 9.10. The van der Waals surface area contributed by atoms with E-state index in [-0.39, 0.29) is 12.1 Å². The Morgan fingerprint density at radius 3 is 2.47 bits per heavy atom. The van der Waals surface area contributed by atoms with Crippen molar-refractivity contribution in [2.75, 3.05) is 6.61 Å². The zero-order valence-corrected chi connectivity index (χ0v) is 13.7. The highest BCUT2D eigenvalue weighted by Gasteiger charge is 2.31. The molecule has 0 N–H and O–H groups in total. The number of halogens is 1. The highest BCUT2D eigenvalue weighted by atomic mass is 79.9. The van der Waals surface area contributed by atoms with Crippen molar-refractivity contribution in [2.24, 2.45) is 0 Å². The van der Waals surface area contributed by atoms with Crippen LogP contribution in [-0.4, -0.2) is 18.7 Å². The van der Waals surface area contributed by atoms with E-state index in [0.29, 0.717) is 6.61 Å². The molecule has 0 fully saturated rings. The molecule has 0 aliphatic rings. The van der Waals surface area contributed by atoms with Gasteiger partial charge in [-0.25, -0.2) is 0 Å². The van der Waals surface area contributed by atoms with Gasteiger partial charge in [-0.05, 0) is 68.2 Å². The summed E-state index contributed by atoms with van der Waals surface area (Å²) >= 11 is 3.48. The van der Waals surface area contributed by atoms with E-state index in [1.165, 1.54) is 0 Å². The standard InChI is InChI=1S/C15H21BrO3/c1-6-18-14(17)15(4,5)11-7-8-13(12(16)9-11)19-10(2)3/h7-10H,6H2,1-5H3. The zero-order valence-electron chi connectivity index (χ0n) is 12.1. The molecule has 0 bridgehead atoms. The maximum Gasteiger partial charge on any atom is 0.315 e. The second kappa shape index (κ2) is 6.42. The second-order valence-electron chi connectivity index (χ2n) is 5.16. The molecule has 1 aromatic carbocycles. The topological polar surface area (TPSA) is 35.5 Å². The Bertz CT molecular complexity index is 453. The van der Waals surface area contributed by atoms with Crippen molar-refractivity contribution < 1.29 is 14.3 Å². The summed E-state index contributed by atoms with van der Waals surface area (Å²) in [5, 5.41) is 0. The fourth-order valence-corrected chi connectivity index (χ4v) is 2.14. The predicted molar refractivity (Wildman–Crippen MR) is 79.6 cm³/mol. The minimum absolute atomic E-state index is 0.111. The van der Waals surface area contributed by atoms with Gasteiger partial charge in [0.25, 0.3) is 0 Å². The molecule has 106 valence electrons. The molecule has 0 aliphatic carbocycles. The van der Waals surface area contributed by atoms with Crippen LogP contribution in [0.3, 0.4) is 0 Å². The lowest BCUT2D eigenvalue weighted by Crippen LogP contribution is -2.31. The zero-order chi connectivity index (χ0) is 14.6. The molecule has 1 rings (SSSR count). The van der Waals surface area contributed by atoms with Gasteiger partial charge in [0, 0.05) is 0 Å². The third-order valence-corrected chi connectivity index (χ3v) is 3.42. The number of ether oxygens (including phenoxy) is 2. The van der Waals surface area contributed by atoms with Gasteiger partial charge in [-0.3, -0.25) is 4.79 Å². The largest absolute Gasteiger partial charge is 0.490 e. The lowest BCUT2D eigenvalue weighted by atomic mass is 9.85. The number of benzene rings is 1. The predicted octanol–water partition coefficient (Wildman–Crippen LogP) is 4.08. The molecule has 0 spiro atoms. The maximum atomic E-state index is 12.0.